The minimum atomic E-state index is -5.08. The van der Waals surface area contributed by atoms with E-state index in [1.165, 1.54) is 0 Å². The third-order valence-electron chi connectivity index (χ3n) is 1.65. The van der Waals surface area contributed by atoms with E-state index in [0.29, 0.717) is 0 Å². The predicted molar refractivity (Wildman–Crippen MR) is 42.7 cm³/mol. The van der Waals surface area contributed by atoms with Crippen molar-refractivity contribution in [3.63, 3.8) is 0 Å². The average molecular weight is 265 g/mol. The van der Waals surface area contributed by atoms with Crippen molar-refractivity contribution in [2.24, 2.45) is 0 Å². The predicted octanol–water partition coefficient (Wildman–Crippen LogP) is 0.702. The maximum absolute atomic E-state index is 12.2. The summed E-state index contributed by atoms with van der Waals surface area (Å²) in [5.74, 6) is -6.81. The van der Waals surface area contributed by atoms with Gasteiger partial charge in [-0.3, -0.25) is 10.1 Å². The van der Waals surface area contributed by atoms with Crippen LogP contribution in [0.4, 0.5) is 22.0 Å². The van der Waals surface area contributed by atoms with Gasteiger partial charge in [0.05, 0.1) is 6.54 Å². The summed E-state index contributed by atoms with van der Waals surface area (Å²) in [6.07, 6.45) is -5.68. The van der Waals surface area contributed by atoms with E-state index < -0.39 is 43.0 Å². The maximum Gasteiger partial charge on any atom is 0.490 e. The van der Waals surface area contributed by atoms with Gasteiger partial charge >= 0.3 is 18.1 Å². The third kappa shape index (κ3) is 6.00. The molecule has 1 saturated heterocycles. The lowest BCUT2D eigenvalue weighted by Crippen LogP contribution is -2.30. The van der Waals surface area contributed by atoms with Crippen LogP contribution in [0.2, 0.25) is 0 Å². The Labute approximate surface area is 91.2 Å². The highest BCUT2D eigenvalue weighted by atomic mass is 19.4. The van der Waals surface area contributed by atoms with Crippen LogP contribution >= 0.6 is 0 Å². The summed E-state index contributed by atoms with van der Waals surface area (Å²) in [5, 5.41) is 17.6. The van der Waals surface area contributed by atoms with E-state index in [-0.39, 0.29) is 0 Å². The van der Waals surface area contributed by atoms with E-state index in [2.05, 4.69) is 5.32 Å². The van der Waals surface area contributed by atoms with Crippen molar-refractivity contribution in [3.8, 4) is 0 Å². The zero-order valence-electron chi connectivity index (χ0n) is 8.09. The lowest BCUT2D eigenvalue weighted by molar-refractivity contribution is -0.192. The summed E-state index contributed by atoms with van der Waals surface area (Å²) in [7, 11) is 0. The number of nitrogens with one attached hydrogen (secondary N) is 1. The number of halogens is 5. The monoisotopic (exact) mass is 265 g/mol. The van der Waals surface area contributed by atoms with Gasteiger partial charge in [-0.25, -0.2) is 13.6 Å². The molecule has 1 aliphatic heterocycles. The molecule has 5 nitrogen and oxygen atoms in total. The van der Waals surface area contributed by atoms with E-state index >= 15 is 0 Å². The van der Waals surface area contributed by atoms with E-state index in [4.69, 9.17) is 15.0 Å². The molecule has 1 atom stereocenters. The van der Waals surface area contributed by atoms with Crippen LogP contribution in [-0.4, -0.2) is 46.8 Å². The fraction of sp³-hybridized carbons (Fsp3) is 0.714. The standard InChI is InChI=1S/C5H7F2NO2.C2HF3O2/c6-5(7)1-3(4(9)10)8-2-5;3-2(4,5)1(6)7/h3,8H,1-2H2,(H,9,10);(H,6,7)/t3-;/m1./s1. The highest BCUT2D eigenvalue weighted by Crippen LogP contribution is 2.24. The fourth-order valence-electron chi connectivity index (χ4n) is 0.890. The lowest BCUT2D eigenvalue weighted by atomic mass is 10.2. The number of carbonyl (C=O) groups is 2. The van der Waals surface area contributed by atoms with Crippen LogP contribution in [0.15, 0.2) is 0 Å². The van der Waals surface area contributed by atoms with E-state index in [1.807, 2.05) is 0 Å². The van der Waals surface area contributed by atoms with Gasteiger partial charge in [0.1, 0.15) is 6.04 Å². The first-order valence-corrected chi connectivity index (χ1v) is 4.10. The van der Waals surface area contributed by atoms with Crippen LogP contribution < -0.4 is 5.32 Å². The van der Waals surface area contributed by atoms with Crippen molar-refractivity contribution in [1.82, 2.24) is 5.32 Å². The first-order chi connectivity index (χ1) is 7.46. The average Bonchev–Trinajstić information content (AvgIpc) is 2.45. The quantitative estimate of drug-likeness (QED) is 0.607. The molecule has 100 valence electrons. The van der Waals surface area contributed by atoms with Crippen LogP contribution in [0, 0.1) is 0 Å². The molecule has 0 radical (unpaired) electrons. The molecule has 0 aliphatic carbocycles. The van der Waals surface area contributed by atoms with Crippen molar-refractivity contribution < 1.29 is 41.8 Å². The van der Waals surface area contributed by atoms with Crippen molar-refractivity contribution in [1.29, 1.82) is 0 Å². The highest BCUT2D eigenvalue weighted by molar-refractivity contribution is 5.74. The zero-order chi connectivity index (χ0) is 13.9. The van der Waals surface area contributed by atoms with Crippen LogP contribution in [0.5, 0.6) is 0 Å². The van der Waals surface area contributed by atoms with Crippen molar-refractivity contribution >= 4 is 11.9 Å². The van der Waals surface area contributed by atoms with Gasteiger partial charge in [0.15, 0.2) is 0 Å². The molecule has 0 unspecified atom stereocenters. The summed E-state index contributed by atoms with van der Waals surface area (Å²) in [6, 6.07) is -1.07. The van der Waals surface area contributed by atoms with E-state index in [9.17, 15) is 26.7 Å². The largest absolute Gasteiger partial charge is 0.490 e. The molecule has 0 spiro atoms. The molecule has 3 N–H and O–H groups in total. The third-order valence-corrected chi connectivity index (χ3v) is 1.65. The summed E-state index contributed by atoms with van der Waals surface area (Å²) < 4.78 is 56.2. The molecular weight excluding hydrogens is 257 g/mol. The van der Waals surface area contributed by atoms with Gasteiger partial charge in [0.25, 0.3) is 5.92 Å². The smallest absolute Gasteiger partial charge is 0.480 e. The van der Waals surface area contributed by atoms with Gasteiger partial charge in [-0.1, -0.05) is 0 Å². The molecule has 0 aromatic rings. The van der Waals surface area contributed by atoms with Gasteiger partial charge < -0.3 is 10.2 Å². The molecule has 0 bridgehead atoms. The molecule has 1 fully saturated rings. The lowest BCUT2D eigenvalue weighted by Gasteiger charge is -2.03. The normalized spacial score (nSPS) is 22.5. The molecular formula is C7H8F5NO4. The van der Waals surface area contributed by atoms with Crippen LogP contribution in [0.3, 0.4) is 0 Å². The second kappa shape index (κ2) is 5.25. The Morgan fingerprint density at radius 3 is 1.76 bits per heavy atom. The van der Waals surface area contributed by atoms with Crippen LogP contribution in [0.1, 0.15) is 6.42 Å². The van der Waals surface area contributed by atoms with Crippen LogP contribution in [0.25, 0.3) is 0 Å². The molecule has 0 aromatic heterocycles. The summed E-state index contributed by atoms with van der Waals surface area (Å²) in [5.41, 5.74) is 0. The molecule has 10 heteroatoms. The number of alkyl halides is 5. The van der Waals surface area contributed by atoms with Gasteiger partial charge in [0.2, 0.25) is 0 Å². The van der Waals surface area contributed by atoms with Crippen molar-refractivity contribution in [3.05, 3.63) is 0 Å². The molecule has 0 aromatic carbocycles. The first-order valence-electron chi connectivity index (χ1n) is 4.10. The van der Waals surface area contributed by atoms with Crippen LogP contribution in [-0.2, 0) is 9.59 Å². The Hall–Kier alpha value is -1.45. The topological polar surface area (TPSA) is 86.6 Å². The first kappa shape index (κ1) is 15.5. The minimum absolute atomic E-state index is 0.524. The Morgan fingerprint density at radius 2 is 1.65 bits per heavy atom. The van der Waals surface area contributed by atoms with E-state index in [0.717, 1.165) is 0 Å². The molecule has 1 heterocycles. The molecule has 17 heavy (non-hydrogen) atoms. The Morgan fingerprint density at radius 1 is 1.24 bits per heavy atom. The fourth-order valence-corrected chi connectivity index (χ4v) is 0.890. The number of carboxylic acids is 2. The number of hydrogen-bond donors (Lipinski definition) is 3. The Balaban J connectivity index is 0.000000325. The van der Waals surface area contributed by atoms with Gasteiger partial charge in [-0.15, -0.1) is 0 Å². The summed E-state index contributed by atoms with van der Waals surface area (Å²) in [6.45, 7) is -0.524. The molecule has 1 rings (SSSR count). The summed E-state index contributed by atoms with van der Waals surface area (Å²) >= 11 is 0. The SMILES string of the molecule is O=C(O)C(F)(F)F.O=C(O)[C@H]1CC(F)(F)CN1. The van der Waals surface area contributed by atoms with Gasteiger partial charge in [-0.05, 0) is 0 Å². The minimum Gasteiger partial charge on any atom is -0.480 e. The number of hydrogen-bond acceptors (Lipinski definition) is 3. The number of aliphatic carboxylic acids is 2. The number of carboxylic acid groups (broad SMARTS) is 2. The van der Waals surface area contributed by atoms with Gasteiger partial charge in [0, 0.05) is 6.42 Å². The second-order valence-corrected chi connectivity index (χ2v) is 3.13. The van der Waals surface area contributed by atoms with Gasteiger partial charge in [-0.2, -0.15) is 13.2 Å². The Bertz CT molecular complexity index is 303. The number of rotatable bonds is 1. The summed E-state index contributed by atoms with van der Waals surface area (Å²) in [4.78, 5) is 19.0. The van der Waals surface area contributed by atoms with E-state index in [1.54, 1.807) is 0 Å². The molecule has 1 aliphatic rings. The van der Waals surface area contributed by atoms with Crippen molar-refractivity contribution in [2.75, 3.05) is 6.54 Å². The molecule has 0 saturated carbocycles. The molecule has 0 amide bonds. The van der Waals surface area contributed by atoms with Crippen molar-refractivity contribution in [2.45, 2.75) is 24.6 Å². The second-order valence-electron chi connectivity index (χ2n) is 3.13. The Kier molecular flexibility index (Phi) is 4.81. The zero-order valence-corrected chi connectivity index (χ0v) is 8.09. The highest BCUT2D eigenvalue weighted by Gasteiger charge is 2.42. The maximum atomic E-state index is 12.2.